The molecule has 1 N–H and O–H groups in total. The maximum absolute atomic E-state index is 13.0. The Morgan fingerprint density at radius 1 is 1.03 bits per heavy atom. The normalized spacial score (nSPS) is 17.1. The molecule has 0 spiro atoms. The van der Waals surface area contributed by atoms with E-state index in [0.717, 1.165) is 20.3 Å². The molecule has 7 heteroatoms. The largest absolute Gasteiger partial charge is 0.507 e. The lowest BCUT2D eigenvalue weighted by atomic mass is 9.95. The van der Waals surface area contributed by atoms with Crippen LogP contribution in [-0.2, 0) is 20.9 Å². The number of hydrogen-bond donors (Lipinski definition) is 1. The van der Waals surface area contributed by atoms with Gasteiger partial charge in [0.1, 0.15) is 18.1 Å². The Morgan fingerprint density at radius 3 is 2.40 bits per heavy atom. The molecule has 1 unspecified atom stereocenters. The Labute approximate surface area is 218 Å². The number of benzene rings is 3. The molecule has 1 saturated heterocycles. The highest BCUT2D eigenvalue weighted by Gasteiger charge is 2.45. The number of methoxy groups -OCH3 is 1. The maximum atomic E-state index is 13.0. The number of rotatable bonds is 8. The van der Waals surface area contributed by atoms with E-state index in [1.807, 2.05) is 49.4 Å². The molecule has 35 heavy (non-hydrogen) atoms. The van der Waals surface area contributed by atoms with Crippen LogP contribution in [0.15, 0.2) is 78.4 Å². The van der Waals surface area contributed by atoms with Gasteiger partial charge in [0.2, 0.25) is 0 Å². The van der Waals surface area contributed by atoms with Crippen molar-refractivity contribution in [3.8, 4) is 5.75 Å². The van der Waals surface area contributed by atoms with Crippen LogP contribution in [0.1, 0.15) is 28.3 Å². The van der Waals surface area contributed by atoms with E-state index < -0.39 is 17.7 Å². The van der Waals surface area contributed by atoms with E-state index in [4.69, 9.17) is 9.47 Å². The summed E-state index contributed by atoms with van der Waals surface area (Å²) in [6.07, 6.45) is 0. The fourth-order valence-corrected chi connectivity index (χ4v) is 4.48. The van der Waals surface area contributed by atoms with Gasteiger partial charge >= 0.3 is 0 Å². The number of aliphatic hydroxyl groups is 1. The summed E-state index contributed by atoms with van der Waals surface area (Å²) in [5.41, 5.74) is 3.48. The van der Waals surface area contributed by atoms with Crippen molar-refractivity contribution in [1.82, 2.24) is 4.90 Å². The lowest BCUT2D eigenvalue weighted by Gasteiger charge is -2.25. The first-order valence-corrected chi connectivity index (χ1v) is 12.3. The molecule has 0 radical (unpaired) electrons. The molecule has 0 saturated carbocycles. The Balaban J connectivity index is 1.63. The summed E-state index contributed by atoms with van der Waals surface area (Å²) in [6, 6.07) is 21.8. The zero-order chi connectivity index (χ0) is 24.9. The Kier molecular flexibility index (Phi) is 7.87. The van der Waals surface area contributed by atoms with E-state index in [-0.39, 0.29) is 24.5 Å². The number of likely N-dealkylation sites (tertiary alicyclic amines) is 1. The topological polar surface area (TPSA) is 76.1 Å². The Hall–Kier alpha value is -3.17. The number of Topliss-reactive ketones (excluding diaryl/α,β-unsaturated/α-hetero) is 1. The predicted molar refractivity (Wildman–Crippen MR) is 142 cm³/mol. The quantitative estimate of drug-likeness (QED) is 0.170. The van der Waals surface area contributed by atoms with Crippen molar-refractivity contribution >= 4 is 40.0 Å². The molecule has 1 amide bonds. The third-order valence-electron chi connectivity index (χ3n) is 5.88. The van der Waals surface area contributed by atoms with Crippen LogP contribution in [0.5, 0.6) is 5.75 Å². The average molecular weight is 583 g/mol. The van der Waals surface area contributed by atoms with Crippen molar-refractivity contribution in [3.63, 3.8) is 0 Å². The molecule has 1 heterocycles. The average Bonchev–Trinajstić information content (AvgIpc) is 3.11. The highest BCUT2D eigenvalue weighted by atomic mass is 127. The number of ether oxygens (including phenoxy) is 2. The second-order valence-electron chi connectivity index (χ2n) is 8.34. The zero-order valence-electron chi connectivity index (χ0n) is 19.5. The van der Waals surface area contributed by atoms with Gasteiger partial charge in [0, 0.05) is 22.8 Å². The minimum absolute atomic E-state index is 0.0701. The molecule has 1 aliphatic heterocycles. The van der Waals surface area contributed by atoms with Crippen molar-refractivity contribution in [2.45, 2.75) is 19.6 Å². The van der Waals surface area contributed by atoms with Gasteiger partial charge in [-0.3, -0.25) is 9.59 Å². The number of carbonyl (C=O) groups is 2. The van der Waals surface area contributed by atoms with Crippen LogP contribution in [0.2, 0.25) is 0 Å². The van der Waals surface area contributed by atoms with Crippen molar-refractivity contribution in [1.29, 1.82) is 0 Å². The van der Waals surface area contributed by atoms with Gasteiger partial charge in [-0.2, -0.15) is 0 Å². The van der Waals surface area contributed by atoms with Gasteiger partial charge in [-0.15, -0.1) is 0 Å². The summed E-state index contributed by atoms with van der Waals surface area (Å²) in [6.45, 7) is 2.97. The molecule has 3 aromatic carbocycles. The van der Waals surface area contributed by atoms with E-state index in [1.54, 1.807) is 31.4 Å². The summed E-state index contributed by atoms with van der Waals surface area (Å²) in [5.74, 6) is -0.929. The number of hydrogen-bond acceptors (Lipinski definition) is 5. The van der Waals surface area contributed by atoms with E-state index in [0.29, 0.717) is 17.9 Å². The lowest BCUT2D eigenvalue weighted by molar-refractivity contribution is -0.140. The Morgan fingerprint density at radius 2 is 1.74 bits per heavy atom. The molecular formula is C28H26INO5. The van der Waals surface area contributed by atoms with Gasteiger partial charge in [-0.1, -0.05) is 42.0 Å². The minimum atomic E-state index is -0.707. The van der Waals surface area contributed by atoms with Gasteiger partial charge in [-0.25, -0.2) is 0 Å². The second kappa shape index (κ2) is 11.0. The highest BCUT2D eigenvalue weighted by molar-refractivity contribution is 14.1. The van der Waals surface area contributed by atoms with E-state index >= 15 is 0 Å². The smallest absolute Gasteiger partial charge is 0.295 e. The van der Waals surface area contributed by atoms with Gasteiger partial charge in [0.25, 0.3) is 11.7 Å². The molecule has 6 nitrogen and oxygen atoms in total. The van der Waals surface area contributed by atoms with Gasteiger partial charge < -0.3 is 19.5 Å². The summed E-state index contributed by atoms with van der Waals surface area (Å²) < 4.78 is 12.0. The third kappa shape index (κ3) is 5.57. The summed E-state index contributed by atoms with van der Waals surface area (Å²) in [7, 11) is 1.54. The summed E-state index contributed by atoms with van der Waals surface area (Å²) in [4.78, 5) is 27.3. The monoisotopic (exact) mass is 583 g/mol. The maximum Gasteiger partial charge on any atom is 0.295 e. The molecule has 0 aliphatic carbocycles. The fourth-order valence-electron chi connectivity index (χ4n) is 4.13. The second-order valence-corrected chi connectivity index (χ2v) is 9.58. The predicted octanol–water partition coefficient (Wildman–Crippen LogP) is 5.25. The molecule has 0 bridgehead atoms. The standard InChI is InChI=1S/C28H26INO5/c1-18-4-3-5-19(16-18)17-35-23-12-8-21(9-13-23)26(31)24-25(20-6-10-22(29)11-7-20)30(14-15-34-2)28(33)27(24)32/h3-13,16,25,31H,14-15,17H2,1-2H3. The van der Waals surface area contributed by atoms with Crippen LogP contribution >= 0.6 is 22.6 Å². The lowest BCUT2D eigenvalue weighted by Crippen LogP contribution is -2.32. The summed E-state index contributed by atoms with van der Waals surface area (Å²) in [5, 5.41) is 11.2. The zero-order valence-corrected chi connectivity index (χ0v) is 21.7. The van der Waals surface area contributed by atoms with Gasteiger partial charge in [0.15, 0.2) is 0 Å². The van der Waals surface area contributed by atoms with Crippen LogP contribution in [-0.4, -0.2) is 42.0 Å². The Bertz CT molecular complexity index is 1250. The number of ketones is 1. The van der Waals surface area contributed by atoms with E-state index in [2.05, 4.69) is 28.7 Å². The van der Waals surface area contributed by atoms with Crippen LogP contribution in [0.4, 0.5) is 0 Å². The van der Waals surface area contributed by atoms with Crippen LogP contribution in [0.25, 0.3) is 5.76 Å². The highest BCUT2D eigenvalue weighted by Crippen LogP contribution is 2.39. The van der Waals surface area contributed by atoms with Crippen molar-refractivity contribution in [2.24, 2.45) is 0 Å². The number of aryl methyl sites for hydroxylation is 1. The SMILES string of the molecule is COCCN1C(=O)C(=O)C(=C(O)c2ccc(OCc3cccc(C)c3)cc2)C1c1ccc(I)cc1. The first kappa shape index (κ1) is 24.9. The number of halogens is 1. The molecule has 1 fully saturated rings. The number of nitrogens with zero attached hydrogens (tertiary/aromatic N) is 1. The van der Waals surface area contributed by atoms with Crippen LogP contribution < -0.4 is 4.74 Å². The number of aliphatic hydroxyl groups excluding tert-OH is 1. The molecule has 0 aromatic heterocycles. The summed E-state index contributed by atoms with van der Waals surface area (Å²) >= 11 is 2.20. The van der Waals surface area contributed by atoms with Crippen molar-refractivity contribution in [3.05, 3.63) is 104 Å². The minimum Gasteiger partial charge on any atom is -0.507 e. The number of carbonyl (C=O) groups excluding carboxylic acids is 2. The molecule has 4 rings (SSSR count). The van der Waals surface area contributed by atoms with E-state index in [9.17, 15) is 14.7 Å². The van der Waals surface area contributed by atoms with Crippen LogP contribution in [0, 0.1) is 10.5 Å². The molecule has 180 valence electrons. The van der Waals surface area contributed by atoms with E-state index in [1.165, 1.54) is 4.90 Å². The fraction of sp³-hybridized carbons (Fsp3) is 0.214. The van der Waals surface area contributed by atoms with Crippen LogP contribution in [0.3, 0.4) is 0 Å². The van der Waals surface area contributed by atoms with Gasteiger partial charge in [0.05, 0.1) is 18.2 Å². The first-order chi connectivity index (χ1) is 16.9. The molecule has 1 atom stereocenters. The van der Waals surface area contributed by atoms with Crippen molar-refractivity contribution < 1.29 is 24.2 Å². The van der Waals surface area contributed by atoms with Crippen molar-refractivity contribution in [2.75, 3.05) is 20.3 Å². The van der Waals surface area contributed by atoms with Gasteiger partial charge in [-0.05, 0) is 77.0 Å². The molecule has 3 aromatic rings. The first-order valence-electron chi connectivity index (χ1n) is 11.2. The molecular weight excluding hydrogens is 557 g/mol. The third-order valence-corrected chi connectivity index (χ3v) is 6.60. The molecule has 1 aliphatic rings. The number of amides is 1.